The van der Waals surface area contributed by atoms with Crippen LogP contribution in [0.2, 0.25) is 5.02 Å². The molecule has 0 fully saturated rings. The zero-order valence-corrected chi connectivity index (χ0v) is 13.2. The highest BCUT2D eigenvalue weighted by molar-refractivity contribution is 9.10. The van der Waals surface area contributed by atoms with Crippen LogP contribution in [0.5, 0.6) is 0 Å². The van der Waals surface area contributed by atoms with Crippen LogP contribution in [-0.4, -0.2) is 0 Å². The van der Waals surface area contributed by atoms with Crippen molar-refractivity contribution in [3.8, 4) is 0 Å². The van der Waals surface area contributed by atoms with E-state index in [1.807, 2.05) is 24.3 Å². The topological polar surface area (TPSA) is 0 Å². The number of hydrogen-bond acceptors (Lipinski definition) is 0. The Morgan fingerprint density at radius 2 is 1.71 bits per heavy atom. The van der Waals surface area contributed by atoms with Crippen LogP contribution in [-0.2, 0) is 0 Å². The van der Waals surface area contributed by atoms with Crippen molar-refractivity contribution in [2.75, 3.05) is 0 Å². The van der Waals surface area contributed by atoms with Gasteiger partial charge in [0.2, 0.25) is 0 Å². The molecule has 2 rings (SSSR count). The highest BCUT2D eigenvalue weighted by Gasteiger charge is 2.13. The molecule has 88 valence electrons. The summed E-state index contributed by atoms with van der Waals surface area (Å²) in [6.45, 7) is 2.11. The molecule has 0 radical (unpaired) electrons. The fourth-order valence-corrected chi connectivity index (χ4v) is 3.02. The van der Waals surface area contributed by atoms with Crippen LogP contribution in [0.15, 0.2) is 46.9 Å². The van der Waals surface area contributed by atoms with Gasteiger partial charge in [-0.25, -0.2) is 0 Å². The first kappa shape index (κ1) is 13.1. The summed E-state index contributed by atoms with van der Waals surface area (Å²) in [5, 5.41) is 0.763. The zero-order valence-electron chi connectivity index (χ0n) is 9.25. The second-order valence-corrected chi connectivity index (χ2v) is 6.07. The first-order chi connectivity index (χ1) is 8.09. The van der Waals surface area contributed by atoms with E-state index in [0.717, 1.165) is 9.50 Å². The first-order valence-corrected chi connectivity index (χ1v) is 7.33. The zero-order chi connectivity index (χ0) is 12.4. The third-order valence-electron chi connectivity index (χ3n) is 2.75. The van der Waals surface area contributed by atoms with E-state index in [9.17, 15) is 0 Å². The van der Waals surface area contributed by atoms with Crippen LogP contribution in [0.25, 0.3) is 0 Å². The van der Waals surface area contributed by atoms with Crippen molar-refractivity contribution in [2.24, 2.45) is 0 Å². The highest BCUT2D eigenvalue weighted by Crippen LogP contribution is 2.35. The molecule has 0 bridgehead atoms. The normalized spacial score (nSPS) is 12.5. The molecule has 0 aliphatic carbocycles. The minimum absolute atomic E-state index is 0.192. The molecule has 0 aliphatic heterocycles. The molecule has 0 amide bonds. The van der Waals surface area contributed by atoms with E-state index in [-0.39, 0.29) is 4.83 Å². The van der Waals surface area contributed by atoms with Crippen LogP contribution < -0.4 is 0 Å². The quantitative estimate of drug-likeness (QED) is 0.575. The fourth-order valence-electron chi connectivity index (χ4n) is 1.71. The molecule has 0 aliphatic rings. The summed E-state index contributed by atoms with van der Waals surface area (Å²) in [7, 11) is 0. The first-order valence-electron chi connectivity index (χ1n) is 5.24. The van der Waals surface area contributed by atoms with Gasteiger partial charge in [0, 0.05) is 9.50 Å². The highest BCUT2D eigenvalue weighted by atomic mass is 79.9. The van der Waals surface area contributed by atoms with Crippen LogP contribution >= 0.6 is 43.5 Å². The minimum atomic E-state index is 0.192. The van der Waals surface area contributed by atoms with Gasteiger partial charge >= 0.3 is 0 Å². The van der Waals surface area contributed by atoms with Crippen molar-refractivity contribution < 1.29 is 0 Å². The molecular weight excluding hydrogens is 363 g/mol. The SMILES string of the molecule is Cc1c(Br)cccc1C(Br)c1ccc(Cl)cc1. The summed E-state index contributed by atoms with van der Waals surface area (Å²) < 4.78 is 1.13. The largest absolute Gasteiger partial charge is 0.0843 e. The Balaban J connectivity index is 2.40. The van der Waals surface area contributed by atoms with E-state index in [1.54, 1.807) is 0 Å². The molecule has 17 heavy (non-hydrogen) atoms. The molecule has 0 spiro atoms. The van der Waals surface area contributed by atoms with Crippen LogP contribution in [0.1, 0.15) is 21.5 Å². The van der Waals surface area contributed by atoms with Crippen LogP contribution in [0.4, 0.5) is 0 Å². The smallest absolute Gasteiger partial charge is 0.0647 e. The van der Waals surface area contributed by atoms with Crippen molar-refractivity contribution in [3.05, 3.63) is 68.7 Å². The molecule has 0 heterocycles. The summed E-state index contributed by atoms with van der Waals surface area (Å²) in [6.07, 6.45) is 0. The lowest BCUT2D eigenvalue weighted by atomic mass is 10.0. The average molecular weight is 375 g/mol. The number of benzene rings is 2. The van der Waals surface area contributed by atoms with Gasteiger partial charge in [0.1, 0.15) is 0 Å². The van der Waals surface area contributed by atoms with Gasteiger partial charge in [-0.05, 0) is 41.8 Å². The van der Waals surface area contributed by atoms with Gasteiger partial charge in [-0.2, -0.15) is 0 Å². The Morgan fingerprint density at radius 1 is 1.06 bits per heavy atom. The average Bonchev–Trinajstić information content (AvgIpc) is 2.33. The van der Waals surface area contributed by atoms with Crippen molar-refractivity contribution in [3.63, 3.8) is 0 Å². The van der Waals surface area contributed by atoms with Gasteiger partial charge in [-0.3, -0.25) is 0 Å². The Bertz CT molecular complexity index is 520. The number of alkyl halides is 1. The maximum atomic E-state index is 5.90. The molecule has 1 atom stereocenters. The van der Waals surface area contributed by atoms with Crippen molar-refractivity contribution in [2.45, 2.75) is 11.8 Å². The molecule has 0 saturated heterocycles. The Morgan fingerprint density at radius 3 is 2.35 bits per heavy atom. The maximum absolute atomic E-state index is 5.90. The molecular formula is C14H11Br2Cl. The second-order valence-electron chi connectivity index (χ2n) is 3.87. The molecule has 2 aromatic rings. The third kappa shape index (κ3) is 2.93. The number of halogens is 3. The van der Waals surface area contributed by atoms with Gasteiger partial charge in [-0.1, -0.05) is 67.7 Å². The molecule has 0 saturated carbocycles. The van der Waals surface area contributed by atoms with E-state index in [2.05, 4.69) is 57.0 Å². The van der Waals surface area contributed by atoms with Crippen LogP contribution in [0, 0.1) is 6.92 Å². The summed E-state index contributed by atoms with van der Waals surface area (Å²) in [5.41, 5.74) is 3.72. The molecule has 3 heteroatoms. The lowest BCUT2D eigenvalue weighted by Gasteiger charge is -2.14. The molecule has 0 aromatic heterocycles. The van der Waals surface area contributed by atoms with Gasteiger partial charge in [-0.15, -0.1) is 0 Å². The van der Waals surface area contributed by atoms with E-state index >= 15 is 0 Å². The molecule has 2 aromatic carbocycles. The van der Waals surface area contributed by atoms with E-state index in [1.165, 1.54) is 16.7 Å². The minimum Gasteiger partial charge on any atom is -0.0843 e. The summed E-state index contributed by atoms with van der Waals surface area (Å²) in [5.74, 6) is 0. The van der Waals surface area contributed by atoms with E-state index in [0.29, 0.717) is 0 Å². The van der Waals surface area contributed by atoms with E-state index < -0.39 is 0 Å². The van der Waals surface area contributed by atoms with Gasteiger partial charge < -0.3 is 0 Å². The lowest BCUT2D eigenvalue weighted by Crippen LogP contribution is -1.96. The summed E-state index contributed by atoms with van der Waals surface area (Å²) in [6, 6.07) is 14.2. The summed E-state index contributed by atoms with van der Waals surface area (Å²) >= 11 is 13.2. The van der Waals surface area contributed by atoms with Crippen molar-refractivity contribution in [1.29, 1.82) is 0 Å². The monoisotopic (exact) mass is 372 g/mol. The second kappa shape index (κ2) is 5.55. The number of rotatable bonds is 2. The Kier molecular flexibility index (Phi) is 4.29. The third-order valence-corrected chi connectivity index (χ3v) is 4.88. The van der Waals surface area contributed by atoms with Crippen LogP contribution in [0.3, 0.4) is 0 Å². The molecule has 1 unspecified atom stereocenters. The molecule has 0 nitrogen and oxygen atoms in total. The molecule has 0 N–H and O–H groups in total. The van der Waals surface area contributed by atoms with Gasteiger partial charge in [0.25, 0.3) is 0 Å². The predicted octanol–water partition coefficient (Wildman–Crippen LogP) is 5.90. The fraction of sp³-hybridized carbons (Fsp3) is 0.143. The Hall–Kier alpha value is -0.310. The van der Waals surface area contributed by atoms with Gasteiger partial charge in [0.05, 0.1) is 4.83 Å². The Labute approximate surface area is 123 Å². The predicted molar refractivity (Wildman–Crippen MR) is 81.1 cm³/mol. The van der Waals surface area contributed by atoms with E-state index in [4.69, 9.17) is 11.6 Å². The maximum Gasteiger partial charge on any atom is 0.0647 e. The summed E-state index contributed by atoms with van der Waals surface area (Å²) in [4.78, 5) is 0.192. The number of hydrogen-bond donors (Lipinski definition) is 0. The van der Waals surface area contributed by atoms with Crippen molar-refractivity contribution >= 4 is 43.5 Å². The lowest BCUT2D eigenvalue weighted by molar-refractivity contribution is 1.14. The van der Waals surface area contributed by atoms with Crippen molar-refractivity contribution in [1.82, 2.24) is 0 Å². The van der Waals surface area contributed by atoms with Gasteiger partial charge in [0.15, 0.2) is 0 Å². The standard InChI is InChI=1S/C14H11Br2Cl/c1-9-12(3-2-4-13(9)15)14(16)10-5-7-11(17)8-6-10/h2-8,14H,1H3.